The van der Waals surface area contributed by atoms with Gasteiger partial charge >= 0.3 is 5.97 Å². The predicted molar refractivity (Wildman–Crippen MR) is 227 cm³/mol. The van der Waals surface area contributed by atoms with Crippen LogP contribution >= 0.6 is 0 Å². The van der Waals surface area contributed by atoms with E-state index in [1.165, 1.54) is 14.2 Å². The smallest absolute Gasteiger partial charge is 0.336 e. The lowest BCUT2D eigenvalue weighted by molar-refractivity contribution is -0.158. The minimum atomic E-state index is -3.27. The fourth-order valence-electron chi connectivity index (χ4n) is 6.80. The van der Waals surface area contributed by atoms with E-state index < -0.39 is 69.4 Å². The zero-order chi connectivity index (χ0) is 42.0. The average molecular weight is 807 g/mol. The van der Waals surface area contributed by atoms with E-state index in [9.17, 15) is 14.4 Å². The summed E-state index contributed by atoms with van der Waals surface area (Å²) in [6.07, 6.45) is -3.42. The van der Waals surface area contributed by atoms with Gasteiger partial charge in [-0.25, -0.2) is 4.79 Å². The summed E-state index contributed by atoms with van der Waals surface area (Å²) in [5.41, 5.74) is -0.457. The number of carbonyl (C=O) groups is 3. The Morgan fingerprint density at radius 3 is 1.48 bits per heavy atom. The normalized spacial score (nSPS) is 15.7. The van der Waals surface area contributed by atoms with Gasteiger partial charge in [-0.05, 0) is 53.0 Å². The van der Waals surface area contributed by atoms with Crippen molar-refractivity contribution in [3.63, 3.8) is 0 Å². The van der Waals surface area contributed by atoms with E-state index in [0.717, 1.165) is 15.9 Å². The van der Waals surface area contributed by atoms with Crippen LogP contribution in [0.15, 0.2) is 91.0 Å². The number of ketones is 1. The van der Waals surface area contributed by atoms with Crippen LogP contribution in [0.3, 0.4) is 0 Å². The first-order valence-electron chi connectivity index (χ1n) is 19.4. The van der Waals surface area contributed by atoms with E-state index in [4.69, 9.17) is 27.8 Å². The van der Waals surface area contributed by atoms with Gasteiger partial charge in [0.2, 0.25) is 0 Å². The van der Waals surface area contributed by atoms with Crippen LogP contribution in [-0.4, -0.2) is 86.5 Å². The van der Waals surface area contributed by atoms with Crippen molar-refractivity contribution in [3.8, 4) is 0 Å². The molecule has 9 nitrogen and oxygen atoms in total. The number of carbonyl (C=O) groups excluding carboxylic acids is 3. The van der Waals surface area contributed by atoms with E-state index in [1.54, 1.807) is 21.0 Å². The highest BCUT2D eigenvalue weighted by molar-refractivity contribution is 6.99. The van der Waals surface area contributed by atoms with Crippen molar-refractivity contribution >= 4 is 45.0 Å². The molecule has 0 aromatic heterocycles. The summed E-state index contributed by atoms with van der Waals surface area (Å²) in [6.45, 7) is 20.5. The number of methoxy groups -OCH3 is 3. The summed E-state index contributed by atoms with van der Waals surface area (Å²) in [5.74, 6) is -0.960. The highest BCUT2D eigenvalue weighted by atomic mass is 28.4. The Morgan fingerprint density at radius 2 is 1.09 bits per heavy atom. The van der Waals surface area contributed by atoms with Crippen molar-refractivity contribution in [1.82, 2.24) is 0 Å². The largest absolute Gasteiger partial charge is 0.467 e. The molecule has 0 bridgehead atoms. The molecule has 3 aromatic carbocycles. The molecule has 0 amide bonds. The van der Waals surface area contributed by atoms with Crippen molar-refractivity contribution < 1.29 is 42.2 Å². The van der Waals surface area contributed by atoms with Gasteiger partial charge in [0.1, 0.15) is 12.4 Å². The molecular formula is C45H66O9Si2. The molecule has 0 saturated carbocycles. The zero-order valence-corrected chi connectivity index (χ0v) is 37.9. The second-order valence-corrected chi connectivity index (χ2v) is 26.7. The summed E-state index contributed by atoms with van der Waals surface area (Å²) >= 11 is 0. The van der Waals surface area contributed by atoms with Crippen LogP contribution in [0.2, 0.25) is 23.2 Å². The van der Waals surface area contributed by atoms with Crippen LogP contribution in [-0.2, 0) is 48.8 Å². The Bertz CT molecular complexity index is 1630. The van der Waals surface area contributed by atoms with E-state index in [0.29, 0.717) is 6.29 Å². The minimum absolute atomic E-state index is 0.136. The van der Waals surface area contributed by atoms with Gasteiger partial charge in [0.15, 0.2) is 20.2 Å². The van der Waals surface area contributed by atoms with Crippen LogP contribution in [0, 0.1) is 5.41 Å². The maximum Gasteiger partial charge on any atom is 0.336 e. The quantitative estimate of drug-likeness (QED) is 0.0464. The molecule has 11 heteroatoms. The lowest BCUT2D eigenvalue weighted by atomic mass is 9.83. The summed E-state index contributed by atoms with van der Waals surface area (Å²) in [7, 11) is -1.32. The standard InChI is InChI=1S/C45H66O9Si2/c1-43(2,3)55(12,13)53-34(29-37(49-9)39(41(47)45(7,8)32-46)52-31-33-23-17-14-18-24-33)30-38(50-10)40(42(48)51-11)54-56(44(4,5)6,35-25-19-15-20-26-35)36-27-21-16-22-28-36/h14-28,32,34,37-40H,29-31H2,1-13H3/t34-,37-,38-,39-,40+/m1/s1. The molecule has 0 radical (unpaired) electrons. The van der Waals surface area contributed by atoms with E-state index >= 15 is 0 Å². The van der Waals surface area contributed by atoms with Gasteiger partial charge in [-0.3, -0.25) is 4.79 Å². The highest BCUT2D eigenvalue weighted by Crippen LogP contribution is 2.41. The Morgan fingerprint density at radius 1 is 0.643 bits per heavy atom. The second kappa shape index (κ2) is 19.9. The maximum atomic E-state index is 14.1. The van der Waals surface area contributed by atoms with Crippen molar-refractivity contribution in [1.29, 1.82) is 0 Å². The maximum absolute atomic E-state index is 14.1. The fraction of sp³-hybridized carbons (Fsp3) is 0.533. The second-order valence-electron chi connectivity index (χ2n) is 17.7. The molecule has 0 aliphatic heterocycles. The number of Topliss-reactive ketones (excluding diaryl/α,β-unsaturated/α-hetero) is 1. The van der Waals surface area contributed by atoms with E-state index in [-0.39, 0.29) is 24.5 Å². The molecule has 0 aliphatic carbocycles. The van der Waals surface area contributed by atoms with Crippen LogP contribution in [0.5, 0.6) is 0 Å². The molecule has 308 valence electrons. The molecule has 0 aliphatic rings. The number of esters is 1. The molecule has 0 heterocycles. The first-order chi connectivity index (χ1) is 26.2. The Labute approximate surface area is 338 Å². The first-order valence-corrected chi connectivity index (χ1v) is 24.3. The molecule has 0 fully saturated rings. The van der Waals surface area contributed by atoms with Crippen molar-refractivity contribution in [3.05, 3.63) is 96.6 Å². The fourth-order valence-corrected chi connectivity index (χ4v) is 12.8. The lowest BCUT2D eigenvalue weighted by Crippen LogP contribution is -2.69. The van der Waals surface area contributed by atoms with Crippen molar-refractivity contribution in [2.45, 2.75) is 129 Å². The SMILES string of the molecule is COC(=O)[C@@H](O[Si](c1ccccc1)(c1ccccc1)C(C)(C)C)[C@@H](C[C@@H](C[C@@H](OC)[C@@H](OCc1ccccc1)C(=O)C(C)(C)C=O)O[Si](C)(C)C(C)(C)C)OC. The molecule has 3 rings (SSSR count). The Kier molecular flexibility index (Phi) is 16.7. The number of rotatable bonds is 21. The first kappa shape index (κ1) is 47.1. The van der Waals surface area contributed by atoms with Crippen LogP contribution in [0.25, 0.3) is 0 Å². The van der Waals surface area contributed by atoms with Gasteiger partial charge < -0.3 is 32.6 Å². The third kappa shape index (κ3) is 11.4. The molecule has 0 spiro atoms. The van der Waals surface area contributed by atoms with Crippen LogP contribution in [0.1, 0.15) is 73.8 Å². The average Bonchev–Trinajstić information content (AvgIpc) is 3.16. The molecule has 0 saturated heterocycles. The lowest BCUT2D eigenvalue weighted by Gasteiger charge is -2.46. The number of aldehydes is 1. The van der Waals surface area contributed by atoms with Gasteiger partial charge in [-0.15, -0.1) is 0 Å². The summed E-state index contributed by atoms with van der Waals surface area (Å²) in [5, 5.41) is 1.40. The van der Waals surface area contributed by atoms with E-state index in [1.807, 2.05) is 66.7 Å². The summed E-state index contributed by atoms with van der Waals surface area (Å²) in [4.78, 5) is 40.4. The number of hydrogen-bond donors (Lipinski definition) is 0. The predicted octanol–water partition coefficient (Wildman–Crippen LogP) is 7.68. The molecule has 0 unspecified atom stereocenters. The van der Waals surface area contributed by atoms with Gasteiger partial charge in [0, 0.05) is 27.1 Å². The topological polar surface area (TPSA) is 107 Å². The monoisotopic (exact) mass is 806 g/mol. The van der Waals surface area contributed by atoms with Gasteiger partial charge in [0.05, 0.1) is 37.4 Å². The zero-order valence-electron chi connectivity index (χ0n) is 35.9. The summed E-state index contributed by atoms with van der Waals surface area (Å²) in [6, 6.07) is 29.7. The number of benzene rings is 3. The van der Waals surface area contributed by atoms with Gasteiger partial charge in [0.25, 0.3) is 8.32 Å². The molecule has 56 heavy (non-hydrogen) atoms. The highest BCUT2D eigenvalue weighted by Gasteiger charge is 2.54. The Balaban J connectivity index is 2.17. The van der Waals surface area contributed by atoms with Crippen molar-refractivity contribution in [2.75, 3.05) is 21.3 Å². The minimum Gasteiger partial charge on any atom is -0.467 e. The number of ether oxygens (including phenoxy) is 4. The Hall–Kier alpha value is -3.30. The molecular weight excluding hydrogens is 741 g/mol. The van der Waals surface area contributed by atoms with E-state index in [2.05, 4.69) is 78.9 Å². The number of hydrogen-bond acceptors (Lipinski definition) is 9. The van der Waals surface area contributed by atoms with Gasteiger partial charge in [-0.1, -0.05) is 133 Å². The third-order valence-electron chi connectivity index (χ3n) is 11.2. The molecule has 5 atom stereocenters. The summed E-state index contributed by atoms with van der Waals surface area (Å²) < 4.78 is 38.7. The third-order valence-corrected chi connectivity index (χ3v) is 20.7. The van der Waals surface area contributed by atoms with Crippen molar-refractivity contribution in [2.24, 2.45) is 5.41 Å². The molecule has 3 aromatic rings. The van der Waals surface area contributed by atoms with Crippen LogP contribution < -0.4 is 10.4 Å². The van der Waals surface area contributed by atoms with Gasteiger partial charge in [-0.2, -0.15) is 0 Å². The molecule has 0 N–H and O–H groups in total. The van der Waals surface area contributed by atoms with Crippen LogP contribution in [0.4, 0.5) is 0 Å².